The quantitative estimate of drug-likeness (QED) is 0.834. The standard InChI is InChI=1S/C18H23N3O3/c1-2-10-21-15-9-8-14(11-16(15)24-12-17(21)22)20-18(23)19-13-6-4-3-5-7-13/h2,8-9,11,13H,1,3-7,10,12H2,(H2,19,20,23). The number of nitrogens with zero attached hydrogens (tertiary/aromatic N) is 1. The molecule has 1 aromatic rings. The van der Waals surface area contributed by atoms with Crippen LogP contribution in [0.3, 0.4) is 0 Å². The van der Waals surface area contributed by atoms with Crippen LogP contribution in [-0.4, -0.2) is 31.1 Å². The van der Waals surface area contributed by atoms with E-state index in [2.05, 4.69) is 17.2 Å². The van der Waals surface area contributed by atoms with Crippen molar-refractivity contribution in [1.29, 1.82) is 0 Å². The maximum Gasteiger partial charge on any atom is 0.319 e. The maximum absolute atomic E-state index is 12.1. The van der Waals surface area contributed by atoms with Crippen molar-refractivity contribution >= 4 is 23.3 Å². The Balaban J connectivity index is 1.66. The monoisotopic (exact) mass is 329 g/mol. The summed E-state index contributed by atoms with van der Waals surface area (Å²) in [4.78, 5) is 25.7. The zero-order chi connectivity index (χ0) is 16.9. The Morgan fingerprint density at radius 1 is 1.33 bits per heavy atom. The molecule has 1 heterocycles. The molecule has 1 aromatic carbocycles. The molecule has 0 unspecified atom stereocenters. The van der Waals surface area contributed by atoms with Gasteiger partial charge in [0.1, 0.15) is 5.75 Å². The molecule has 2 aliphatic rings. The molecule has 1 saturated carbocycles. The lowest BCUT2D eigenvalue weighted by Crippen LogP contribution is -2.39. The van der Waals surface area contributed by atoms with E-state index in [0.717, 1.165) is 12.8 Å². The zero-order valence-corrected chi connectivity index (χ0v) is 13.7. The highest BCUT2D eigenvalue weighted by molar-refractivity contribution is 5.99. The van der Waals surface area contributed by atoms with Crippen molar-refractivity contribution in [2.24, 2.45) is 0 Å². The van der Waals surface area contributed by atoms with Crippen LogP contribution in [0.15, 0.2) is 30.9 Å². The van der Waals surface area contributed by atoms with E-state index in [0.29, 0.717) is 23.7 Å². The number of ether oxygens (including phenoxy) is 1. The summed E-state index contributed by atoms with van der Waals surface area (Å²) in [7, 11) is 0. The number of urea groups is 1. The van der Waals surface area contributed by atoms with Crippen LogP contribution in [0, 0.1) is 0 Å². The number of nitrogens with one attached hydrogen (secondary N) is 2. The van der Waals surface area contributed by atoms with E-state index < -0.39 is 0 Å². The number of carbonyl (C=O) groups is 2. The molecule has 6 nitrogen and oxygen atoms in total. The highest BCUT2D eigenvalue weighted by Gasteiger charge is 2.25. The molecule has 24 heavy (non-hydrogen) atoms. The Labute approximate surface area is 141 Å². The Morgan fingerprint density at radius 2 is 2.12 bits per heavy atom. The molecule has 0 bridgehead atoms. The molecule has 0 spiro atoms. The predicted octanol–water partition coefficient (Wildman–Crippen LogP) is 3.05. The number of carbonyl (C=O) groups excluding carboxylic acids is 2. The Kier molecular flexibility index (Phi) is 5.03. The lowest BCUT2D eigenvalue weighted by Gasteiger charge is -2.29. The molecule has 1 fully saturated rings. The Hall–Kier alpha value is -2.50. The van der Waals surface area contributed by atoms with Crippen molar-refractivity contribution in [3.8, 4) is 5.75 Å². The second-order valence-corrected chi connectivity index (χ2v) is 6.20. The van der Waals surface area contributed by atoms with Gasteiger partial charge < -0.3 is 20.3 Å². The second-order valence-electron chi connectivity index (χ2n) is 6.20. The van der Waals surface area contributed by atoms with Gasteiger partial charge in [-0.05, 0) is 25.0 Å². The molecule has 1 aliphatic heterocycles. The van der Waals surface area contributed by atoms with Gasteiger partial charge in [-0.3, -0.25) is 4.79 Å². The number of fused-ring (bicyclic) bond motifs is 1. The van der Waals surface area contributed by atoms with Gasteiger partial charge in [0, 0.05) is 24.3 Å². The van der Waals surface area contributed by atoms with Gasteiger partial charge in [-0.1, -0.05) is 25.3 Å². The molecule has 2 N–H and O–H groups in total. The van der Waals surface area contributed by atoms with E-state index in [9.17, 15) is 9.59 Å². The van der Waals surface area contributed by atoms with Crippen LogP contribution in [0.5, 0.6) is 5.75 Å². The van der Waals surface area contributed by atoms with Gasteiger partial charge in [-0.15, -0.1) is 6.58 Å². The van der Waals surface area contributed by atoms with E-state index in [1.165, 1.54) is 19.3 Å². The van der Waals surface area contributed by atoms with E-state index in [1.54, 1.807) is 29.2 Å². The van der Waals surface area contributed by atoms with Crippen molar-refractivity contribution in [2.75, 3.05) is 23.4 Å². The highest BCUT2D eigenvalue weighted by atomic mass is 16.5. The van der Waals surface area contributed by atoms with Crippen LogP contribution >= 0.6 is 0 Å². The van der Waals surface area contributed by atoms with Crippen LogP contribution in [0.4, 0.5) is 16.2 Å². The first kappa shape index (κ1) is 16.4. The van der Waals surface area contributed by atoms with Crippen molar-refractivity contribution in [3.63, 3.8) is 0 Å². The van der Waals surface area contributed by atoms with Crippen molar-refractivity contribution < 1.29 is 14.3 Å². The zero-order valence-electron chi connectivity index (χ0n) is 13.7. The summed E-state index contributed by atoms with van der Waals surface area (Å²) in [5.41, 5.74) is 1.35. The summed E-state index contributed by atoms with van der Waals surface area (Å²) < 4.78 is 5.49. The van der Waals surface area contributed by atoms with E-state index >= 15 is 0 Å². The summed E-state index contributed by atoms with van der Waals surface area (Å²) in [6.45, 7) is 4.11. The van der Waals surface area contributed by atoms with E-state index in [1.807, 2.05) is 0 Å². The highest BCUT2D eigenvalue weighted by Crippen LogP contribution is 2.34. The van der Waals surface area contributed by atoms with E-state index in [4.69, 9.17) is 4.74 Å². The normalized spacial score (nSPS) is 17.7. The van der Waals surface area contributed by atoms with Crippen LogP contribution < -0.4 is 20.3 Å². The smallest absolute Gasteiger partial charge is 0.319 e. The summed E-state index contributed by atoms with van der Waals surface area (Å²) >= 11 is 0. The minimum atomic E-state index is -0.198. The number of anilines is 2. The minimum Gasteiger partial charge on any atom is -0.481 e. The third-order valence-electron chi connectivity index (χ3n) is 4.41. The molecule has 0 radical (unpaired) electrons. The lowest BCUT2D eigenvalue weighted by molar-refractivity contribution is -0.121. The SMILES string of the molecule is C=CCN1C(=O)COc2cc(NC(=O)NC3CCCCC3)ccc21. The second kappa shape index (κ2) is 7.38. The number of amides is 3. The fraction of sp³-hybridized carbons (Fsp3) is 0.444. The average Bonchev–Trinajstić information content (AvgIpc) is 2.58. The van der Waals surface area contributed by atoms with Gasteiger partial charge >= 0.3 is 6.03 Å². The molecule has 128 valence electrons. The molecular formula is C18H23N3O3. The molecule has 3 rings (SSSR count). The summed E-state index contributed by atoms with van der Waals surface area (Å²) in [6.07, 6.45) is 7.35. The fourth-order valence-electron chi connectivity index (χ4n) is 3.21. The van der Waals surface area contributed by atoms with Crippen molar-refractivity contribution in [3.05, 3.63) is 30.9 Å². The molecular weight excluding hydrogens is 306 g/mol. The van der Waals surface area contributed by atoms with Gasteiger partial charge in [0.25, 0.3) is 5.91 Å². The Bertz CT molecular complexity index is 638. The van der Waals surface area contributed by atoms with Crippen LogP contribution in [-0.2, 0) is 4.79 Å². The largest absolute Gasteiger partial charge is 0.481 e. The van der Waals surface area contributed by atoms with Crippen molar-refractivity contribution in [1.82, 2.24) is 5.32 Å². The molecule has 3 amide bonds. The minimum absolute atomic E-state index is 0.00142. The topological polar surface area (TPSA) is 70.7 Å². The molecule has 0 saturated heterocycles. The van der Waals surface area contributed by atoms with Crippen LogP contribution in [0.2, 0.25) is 0 Å². The van der Waals surface area contributed by atoms with Gasteiger partial charge in [0.05, 0.1) is 5.69 Å². The number of benzene rings is 1. The fourth-order valence-corrected chi connectivity index (χ4v) is 3.21. The molecule has 6 heteroatoms. The van der Waals surface area contributed by atoms with Gasteiger partial charge in [-0.25, -0.2) is 4.79 Å². The number of hydrogen-bond donors (Lipinski definition) is 2. The lowest BCUT2D eigenvalue weighted by atomic mass is 9.96. The van der Waals surface area contributed by atoms with Crippen LogP contribution in [0.1, 0.15) is 32.1 Å². The first-order valence-corrected chi connectivity index (χ1v) is 8.43. The summed E-state index contributed by atoms with van der Waals surface area (Å²) in [5, 5.41) is 5.86. The molecule has 0 atom stereocenters. The number of rotatable bonds is 4. The molecule has 0 aromatic heterocycles. The average molecular weight is 329 g/mol. The third kappa shape index (κ3) is 3.69. The van der Waals surface area contributed by atoms with Gasteiger partial charge in [0.15, 0.2) is 6.61 Å². The predicted molar refractivity (Wildman–Crippen MR) is 93.5 cm³/mol. The maximum atomic E-state index is 12.1. The molecule has 1 aliphatic carbocycles. The van der Waals surface area contributed by atoms with Crippen LogP contribution in [0.25, 0.3) is 0 Å². The first-order chi connectivity index (χ1) is 11.7. The Morgan fingerprint density at radius 3 is 2.88 bits per heavy atom. The van der Waals surface area contributed by atoms with Gasteiger partial charge in [-0.2, -0.15) is 0 Å². The number of hydrogen-bond acceptors (Lipinski definition) is 3. The van der Waals surface area contributed by atoms with Crippen molar-refractivity contribution in [2.45, 2.75) is 38.1 Å². The third-order valence-corrected chi connectivity index (χ3v) is 4.41. The summed E-state index contributed by atoms with van der Waals surface area (Å²) in [6, 6.07) is 5.37. The van der Waals surface area contributed by atoms with Gasteiger partial charge in [0.2, 0.25) is 0 Å². The first-order valence-electron chi connectivity index (χ1n) is 8.43. The van der Waals surface area contributed by atoms with E-state index in [-0.39, 0.29) is 24.6 Å². The summed E-state index contributed by atoms with van der Waals surface area (Å²) in [5.74, 6) is 0.491.